The van der Waals surface area contributed by atoms with Crippen molar-refractivity contribution in [1.82, 2.24) is 0 Å². The van der Waals surface area contributed by atoms with Crippen LogP contribution in [0, 0.1) is 0 Å². The summed E-state index contributed by atoms with van der Waals surface area (Å²) in [6.45, 7) is 6.47. The molecule has 192 valence electrons. The summed E-state index contributed by atoms with van der Waals surface area (Å²) < 4.78 is 36.8. The second kappa shape index (κ2) is 13.5. The van der Waals surface area contributed by atoms with E-state index in [0.717, 1.165) is 34.6 Å². The van der Waals surface area contributed by atoms with Crippen molar-refractivity contribution < 1.29 is 61.9 Å². The molecule has 0 amide bonds. The first-order valence-electron chi connectivity index (χ1n) is 10.5. The van der Waals surface area contributed by atoms with Gasteiger partial charge in [0.2, 0.25) is 0 Å². The van der Waals surface area contributed by atoms with Gasteiger partial charge in [-0.2, -0.15) is 0 Å². The normalized spacial score (nSPS) is 23.5. The van der Waals surface area contributed by atoms with Gasteiger partial charge in [0.25, 0.3) is 0 Å². The predicted molar refractivity (Wildman–Crippen MR) is 109 cm³/mol. The quantitative estimate of drug-likeness (QED) is 0.297. The van der Waals surface area contributed by atoms with Gasteiger partial charge in [0, 0.05) is 41.0 Å². The fraction of sp³-hybridized carbons (Fsp3) is 0.714. The van der Waals surface area contributed by atoms with E-state index in [9.17, 15) is 28.8 Å². The molecule has 0 aromatic rings. The molecule has 6 atom stereocenters. The van der Waals surface area contributed by atoms with E-state index < -0.39 is 79.0 Å². The zero-order chi connectivity index (χ0) is 26.0. The average Bonchev–Trinajstić information content (AvgIpc) is 2.69. The molecule has 1 aliphatic rings. The lowest BCUT2D eigenvalue weighted by molar-refractivity contribution is -0.243. The fourth-order valence-electron chi connectivity index (χ4n) is 3.35. The van der Waals surface area contributed by atoms with Gasteiger partial charge < -0.3 is 33.2 Å². The summed E-state index contributed by atoms with van der Waals surface area (Å²) in [6, 6.07) is 0. The molecular weight excluding hydrogens is 460 g/mol. The number of carbonyl (C=O) groups excluding carboxylic acids is 6. The third-order valence-corrected chi connectivity index (χ3v) is 4.39. The summed E-state index contributed by atoms with van der Waals surface area (Å²) in [7, 11) is 0. The standard InChI is InChI=1S/C21H30O13/c1-7-28-21(27)16-8-15(30-11(3)23)18(32-13(5)25)20(34-16)19(33-14(6)26)17(31-12(4)24)9-29-10(2)22/h15-20H,7-9H2,1-6H3/t15-,16-,17+,18+,19+,20+/m0/s1. The van der Waals surface area contributed by atoms with Gasteiger partial charge in [0.05, 0.1) is 6.61 Å². The second-order valence-electron chi connectivity index (χ2n) is 7.32. The topological polar surface area (TPSA) is 167 Å². The van der Waals surface area contributed by atoms with E-state index in [1.165, 1.54) is 0 Å². The molecule has 0 N–H and O–H groups in total. The molecule has 1 rings (SSSR count). The smallest absolute Gasteiger partial charge is 0.335 e. The predicted octanol–water partition coefficient (Wildman–Crippen LogP) is -0.00310. The van der Waals surface area contributed by atoms with Crippen molar-refractivity contribution in [2.45, 2.75) is 84.6 Å². The minimum Gasteiger partial charge on any atom is -0.464 e. The summed E-state index contributed by atoms with van der Waals surface area (Å²) in [4.78, 5) is 71.0. The highest BCUT2D eigenvalue weighted by molar-refractivity contribution is 5.75. The van der Waals surface area contributed by atoms with Crippen molar-refractivity contribution in [3.63, 3.8) is 0 Å². The number of hydrogen-bond donors (Lipinski definition) is 0. The first kappa shape index (κ1) is 28.8. The molecule has 0 bridgehead atoms. The molecule has 1 heterocycles. The third-order valence-electron chi connectivity index (χ3n) is 4.39. The van der Waals surface area contributed by atoms with E-state index in [1.54, 1.807) is 6.92 Å². The van der Waals surface area contributed by atoms with Gasteiger partial charge in [0.15, 0.2) is 24.4 Å². The van der Waals surface area contributed by atoms with E-state index in [0.29, 0.717) is 0 Å². The SMILES string of the molecule is CCOC(=O)[C@@H]1C[C@H](OC(C)=O)[C@@H](OC(C)=O)[C@H]([C@H](OC(C)=O)[C@@H](COC(C)=O)OC(C)=O)O1. The molecule has 13 heteroatoms. The zero-order valence-corrected chi connectivity index (χ0v) is 19.9. The van der Waals surface area contributed by atoms with Crippen LogP contribution in [0.5, 0.6) is 0 Å². The van der Waals surface area contributed by atoms with Crippen LogP contribution < -0.4 is 0 Å². The maximum Gasteiger partial charge on any atom is 0.335 e. The highest BCUT2D eigenvalue weighted by Crippen LogP contribution is 2.31. The maximum atomic E-state index is 12.5. The molecule has 0 aliphatic carbocycles. The number of hydrogen-bond acceptors (Lipinski definition) is 13. The van der Waals surface area contributed by atoms with Crippen molar-refractivity contribution in [3.05, 3.63) is 0 Å². The van der Waals surface area contributed by atoms with Crippen LogP contribution in [0.25, 0.3) is 0 Å². The van der Waals surface area contributed by atoms with Crippen molar-refractivity contribution in [1.29, 1.82) is 0 Å². The van der Waals surface area contributed by atoms with Crippen LogP contribution in [0.3, 0.4) is 0 Å². The molecule has 0 aromatic carbocycles. The van der Waals surface area contributed by atoms with E-state index in [1.807, 2.05) is 0 Å². The molecule has 34 heavy (non-hydrogen) atoms. The van der Waals surface area contributed by atoms with Crippen LogP contribution >= 0.6 is 0 Å². The van der Waals surface area contributed by atoms with E-state index >= 15 is 0 Å². The largest absolute Gasteiger partial charge is 0.464 e. The van der Waals surface area contributed by atoms with E-state index in [4.69, 9.17) is 33.2 Å². The number of carbonyl (C=O) groups is 6. The second-order valence-corrected chi connectivity index (χ2v) is 7.32. The summed E-state index contributed by atoms with van der Waals surface area (Å²) in [5.74, 6) is -4.73. The summed E-state index contributed by atoms with van der Waals surface area (Å²) in [5, 5.41) is 0. The highest BCUT2D eigenvalue weighted by Gasteiger charge is 2.52. The molecule has 0 radical (unpaired) electrons. The number of ether oxygens (including phenoxy) is 7. The zero-order valence-electron chi connectivity index (χ0n) is 19.9. The van der Waals surface area contributed by atoms with Crippen molar-refractivity contribution in [2.75, 3.05) is 13.2 Å². The van der Waals surface area contributed by atoms with E-state index in [-0.39, 0.29) is 13.0 Å². The molecular formula is C21H30O13. The molecule has 1 saturated heterocycles. The van der Waals surface area contributed by atoms with Gasteiger partial charge in [-0.3, -0.25) is 24.0 Å². The van der Waals surface area contributed by atoms with Gasteiger partial charge in [0.1, 0.15) is 18.8 Å². The third kappa shape index (κ3) is 9.33. The summed E-state index contributed by atoms with van der Waals surface area (Å²) in [6.07, 6.45) is -8.59. The van der Waals surface area contributed by atoms with Crippen LogP contribution in [-0.2, 0) is 61.9 Å². The Bertz CT molecular complexity index is 777. The van der Waals surface area contributed by atoms with Crippen molar-refractivity contribution in [2.24, 2.45) is 0 Å². The monoisotopic (exact) mass is 490 g/mol. The maximum absolute atomic E-state index is 12.5. The fourth-order valence-corrected chi connectivity index (χ4v) is 3.35. The first-order valence-corrected chi connectivity index (χ1v) is 10.5. The first-order chi connectivity index (χ1) is 15.8. The molecule has 1 aliphatic heterocycles. The Balaban J connectivity index is 3.54. The van der Waals surface area contributed by atoms with Crippen LogP contribution in [0.4, 0.5) is 0 Å². The molecule has 0 aromatic heterocycles. The minimum absolute atomic E-state index is 0.0187. The Labute approximate surface area is 196 Å². The van der Waals surface area contributed by atoms with Crippen LogP contribution in [-0.4, -0.2) is 85.7 Å². The van der Waals surface area contributed by atoms with Gasteiger partial charge in [-0.15, -0.1) is 0 Å². The van der Waals surface area contributed by atoms with Crippen molar-refractivity contribution >= 4 is 35.8 Å². The Morgan fingerprint density at radius 3 is 1.85 bits per heavy atom. The van der Waals surface area contributed by atoms with Crippen molar-refractivity contribution in [3.8, 4) is 0 Å². The Hall–Kier alpha value is -3.22. The molecule has 0 unspecified atom stereocenters. The molecule has 13 nitrogen and oxygen atoms in total. The van der Waals surface area contributed by atoms with Gasteiger partial charge in [-0.05, 0) is 6.92 Å². The highest BCUT2D eigenvalue weighted by atomic mass is 16.7. The minimum atomic E-state index is -1.54. The summed E-state index contributed by atoms with van der Waals surface area (Å²) in [5.41, 5.74) is 0. The molecule has 0 spiro atoms. The van der Waals surface area contributed by atoms with Crippen LogP contribution in [0.15, 0.2) is 0 Å². The Kier molecular flexibility index (Phi) is 11.4. The number of esters is 6. The lowest BCUT2D eigenvalue weighted by Crippen LogP contribution is -2.61. The molecule has 0 saturated carbocycles. The molecule has 1 fully saturated rings. The Morgan fingerprint density at radius 1 is 0.794 bits per heavy atom. The lowest BCUT2D eigenvalue weighted by Gasteiger charge is -2.43. The average molecular weight is 490 g/mol. The summed E-state index contributed by atoms with van der Waals surface area (Å²) >= 11 is 0. The van der Waals surface area contributed by atoms with Gasteiger partial charge in [-0.1, -0.05) is 0 Å². The number of rotatable bonds is 10. The van der Waals surface area contributed by atoms with Gasteiger partial charge in [-0.25, -0.2) is 4.79 Å². The van der Waals surface area contributed by atoms with Crippen LogP contribution in [0.1, 0.15) is 48.0 Å². The van der Waals surface area contributed by atoms with Gasteiger partial charge >= 0.3 is 35.8 Å². The van der Waals surface area contributed by atoms with Crippen LogP contribution in [0.2, 0.25) is 0 Å². The lowest BCUT2D eigenvalue weighted by atomic mass is 9.91. The Morgan fingerprint density at radius 2 is 1.38 bits per heavy atom. The van der Waals surface area contributed by atoms with E-state index in [2.05, 4.69) is 0 Å².